The van der Waals surface area contributed by atoms with E-state index in [1.54, 1.807) is 11.4 Å². The fourth-order valence-electron chi connectivity index (χ4n) is 3.19. The fourth-order valence-corrected chi connectivity index (χ4v) is 7.29. The Morgan fingerprint density at radius 3 is 2.63 bits per heavy atom. The number of nitrogens with one attached hydrogen (secondary N) is 1. The average Bonchev–Trinajstić information content (AvgIpc) is 3.34. The first-order valence-corrected chi connectivity index (χ1v) is 12.6. The molecular weight excluding hydrogens is 414 g/mol. The van der Waals surface area contributed by atoms with Crippen molar-refractivity contribution >= 4 is 37.3 Å². The molecule has 0 bridgehead atoms. The van der Waals surface area contributed by atoms with Gasteiger partial charge in [0.25, 0.3) is 10.0 Å². The number of nitrogens with zero attached hydrogens (tertiary/aromatic N) is 2. The SMILES string of the molecule is O=C(NCCS(=O)(=O)N1CCOCC1)C1CCCN1S(=O)(=O)c1cccs1. The van der Waals surface area contributed by atoms with E-state index in [9.17, 15) is 21.6 Å². The monoisotopic (exact) mass is 437 g/mol. The number of hydrogen-bond donors (Lipinski definition) is 1. The molecule has 0 saturated carbocycles. The molecule has 2 aliphatic rings. The first-order chi connectivity index (χ1) is 12.8. The molecule has 1 N–H and O–H groups in total. The first kappa shape index (κ1) is 20.7. The van der Waals surface area contributed by atoms with Crippen molar-refractivity contribution in [3.05, 3.63) is 17.5 Å². The second-order valence-electron chi connectivity index (χ2n) is 6.32. The lowest BCUT2D eigenvalue weighted by Crippen LogP contribution is -2.48. The van der Waals surface area contributed by atoms with Crippen LogP contribution in [0.4, 0.5) is 0 Å². The van der Waals surface area contributed by atoms with Gasteiger partial charge in [0.1, 0.15) is 10.3 Å². The number of sulfonamides is 2. The van der Waals surface area contributed by atoms with Crippen LogP contribution in [0.1, 0.15) is 12.8 Å². The van der Waals surface area contributed by atoms with Crippen LogP contribution in [0.3, 0.4) is 0 Å². The van der Waals surface area contributed by atoms with Crippen LogP contribution >= 0.6 is 11.3 Å². The number of carbonyl (C=O) groups excluding carboxylic acids is 1. The minimum Gasteiger partial charge on any atom is -0.379 e. The molecule has 2 saturated heterocycles. The van der Waals surface area contributed by atoms with E-state index in [-0.39, 0.29) is 23.1 Å². The minimum atomic E-state index is -3.71. The van der Waals surface area contributed by atoms with E-state index in [1.165, 1.54) is 14.7 Å². The normalized spacial score (nSPS) is 22.7. The third kappa shape index (κ3) is 4.69. The van der Waals surface area contributed by atoms with Crippen molar-refractivity contribution < 1.29 is 26.4 Å². The topological polar surface area (TPSA) is 113 Å². The van der Waals surface area contributed by atoms with Crippen molar-refractivity contribution in [1.29, 1.82) is 0 Å². The Kier molecular flexibility index (Phi) is 6.54. The zero-order valence-electron chi connectivity index (χ0n) is 14.7. The number of ether oxygens (including phenoxy) is 1. The Balaban J connectivity index is 1.57. The zero-order valence-corrected chi connectivity index (χ0v) is 17.2. The summed E-state index contributed by atoms with van der Waals surface area (Å²) in [5.41, 5.74) is 0. The highest BCUT2D eigenvalue weighted by molar-refractivity contribution is 7.91. The molecule has 2 fully saturated rings. The predicted molar refractivity (Wildman–Crippen MR) is 100 cm³/mol. The van der Waals surface area contributed by atoms with Crippen molar-refractivity contribution in [1.82, 2.24) is 13.9 Å². The van der Waals surface area contributed by atoms with Gasteiger partial charge in [0.2, 0.25) is 15.9 Å². The maximum Gasteiger partial charge on any atom is 0.253 e. The van der Waals surface area contributed by atoms with Crippen molar-refractivity contribution in [2.45, 2.75) is 23.1 Å². The molecule has 1 aromatic rings. The molecule has 3 heterocycles. The van der Waals surface area contributed by atoms with Crippen LogP contribution < -0.4 is 5.32 Å². The molecule has 0 aromatic carbocycles. The summed E-state index contributed by atoms with van der Waals surface area (Å²) >= 11 is 1.11. The highest BCUT2D eigenvalue weighted by Gasteiger charge is 2.39. The number of thiophene rings is 1. The van der Waals surface area contributed by atoms with E-state index in [0.29, 0.717) is 39.1 Å². The molecule has 1 atom stereocenters. The summed E-state index contributed by atoms with van der Waals surface area (Å²) in [5.74, 6) is -0.673. The van der Waals surface area contributed by atoms with Crippen molar-refractivity contribution in [3.8, 4) is 0 Å². The maximum atomic E-state index is 12.7. The molecule has 12 heteroatoms. The van der Waals surface area contributed by atoms with Gasteiger partial charge in [0, 0.05) is 26.2 Å². The molecule has 1 aromatic heterocycles. The molecule has 0 spiro atoms. The van der Waals surface area contributed by atoms with Crippen LogP contribution in [0.5, 0.6) is 0 Å². The molecule has 0 aliphatic carbocycles. The van der Waals surface area contributed by atoms with Gasteiger partial charge in [-0.1, -0.05) is 6.07 Å². The van der Waals surface area contributed by atoms with Crippen molar-refractivity contribution in [2.24, 2.45) is 0 Å². The third-order valence-corrected chi connectivity index (χ3v) is 9.74. The standard InChI is InChI=1S/C15H23N3O6S3/c19-15(16-5-12-26(20,21)17-7-9-24-10-8-17)13-3-1-6-18(13)27(22,23)14-4-2-11-25-14/h2,4,11,13H,1,3,5-10,12H2,(H,16,19). The van der Waals surface area contributed by atoms with E-state index >= 15 is 0 Å². The second kappa shape index (κ2) is 8.53. The van der Waals surface area contributed by atoms with Gasteiger partial charge in [-0.25, -0.2) is 16.8 Å². The lowest BCUT2D eigenvalue weighted by molar-refractivity contribution is -0.124. The largest absolute Gasteiger partial charge is 0.379 e. The Morgan fingerprint density at radius 1 is 1.22 bits per heavy atom. The van der Waals surface area contributed by atoms with Gasteiger partial charge in [-0.2, -0.15) is 8.61 Å². The first-order valence-electron chi connectivity index (χ1n) is 8.71. The van der Waals surface area contributed by atoms with Gasteiger partial charge < -0.3 is 10.1 Å². The molecule has 1 amide bonds. The Bertz CT molecular complexity index is 847. The number of rotatable bonds is 7. The van der Waals surface area contributed by atoms with Gasteiger partial charge in [0.15, 0.2) is 0 Å². The van der Waals surface area contributed by atoms with Crippen LogP contribution in [0.15, 0.2) is 21.7 Å². The van der Waals surface area contributed by atoms with E-state index in [4.69, 9.17) is 4.74 Å². The summed E-state index contributed by atoms with van der Waals surface area (Å²) < 4.78 is 57.9. The number of hydrogen-bond acceptors (Lipinski definition) is 7. The lowest BCUT2D eigenvalue weighted by atomic mass is 10.2. The van der Waals surface area contributed by atoms with Gasteiger partial charge in [-0.05, 0) is 24.3 Å². The van der Waals surface area contributed by atoms with Crippen LogP contribution in [0.25, 0.3) is 0 Å². The highest BCUT2D eigenvalue weighted by Crippen LogP contribution is 2.28. The van der Waals surface area contributed by atoms with Crippen LogP contribution in [0.2, 0.25) is 0 Å². The van der Waals surface area contributed by atoms with Gasteiger partial charge in [-0.3, -0.25) is 4.79 Å². The quantitative estimate of drug-likeness (QED) is 0.626. The van der Waals surface area contributed by atoms with Crippen LogP contribution in [0, 0.1) is 0 Å². The Labute approximate surface area is 163 Å². The Morgan fingerprint density at radius 2 is 1.96 bits per heavy atom. The lowest BCUT2D eigenvalue weighted by Gasteiger charge is -2.26. The molecule has 2 aliphatic heterocycles. The number of carbonyl (C=O) groups is 1. The summed E-state index contributed by atoms with van der Waals surface area (Å²) in [4.78, 5) is 12.5. The predicted octanol–water partition coefficient (Wildman–Crippen LogP) is -0.321. The van der Waals surface area contributed by atoms with Crippen molar-refractivity contribution in [2.75, 3.05) is 45.1 Å². The van der Waals surface area contributed by atoms with Crippen molar-refractivity contribution in [3.63, 3.8) is 0 Å². The molecule has 3 rings (SSSR count). The Hall–Kier alpha value is -1.05. The molecule has 9 nitrogen and oxygen atoms in total. The summed E-state index contributed by atoms with van der Waals surface area (Å²) in [5, 5.41) is 4.26. The molecule has 1 unspecified atom stereocenters. The van der Waals surface area contributed by atoms with Crippen LogP contribution in [-0.2, 0) is 29.6 Å². The zero-order chi connectivity index (χ0) is 19.5. The second-order valence-corrected chi connectivity index (χ2v) is 11.5. The third-order valence-electron chi connectivity index (χ3n) is 4.59. The van der Waals surface area contributed by atoms with E-state index < -0.39 is 32.0 Å². The fraction of sp³-hybridized carbons (Fsp3) is 0.667. The van der Waals surface area contributed by atoms with E-state index in [2.05, 4.69) is 5.32 Å². The average molecular weight is 438 g/mol. The molecule has 27 heavy (non-hydrogen) atoms. The summed E-state index contributed by atoms with van der Waals surface area (Å²) in [6.07, 6.45) is 1.02. The van der Waals surface area contributed by atoms with Gasteiger partial charge in [0.05, 0.1) is 19.0 Å². The summed E-state index contributed by atoms with van der Waals surface area (Å²) in [6, 6.07) is 2.37. The number of morpholine rings is 1. The summed E-state index contributed by atoms with van der Waals surface area (Å²) in [7, 11) is -7.18. The van der Waals surface area contributed by atoms with Gasteiger partial charge in [-0.15, -0.1) is 11.3 Å². The van der Waals surface area contributed by atoms with E-state index in [1.807, 2.05) is 0 Å². The number of amides is 1. The highest BCUT2D eigenvalue weighted by atomic mass is 32.2. The van der Waals surface area contributed by atoms with E-state index in [0.717, 1.165) is 11.3 Å². The molecule has 0 radical (unpaired) electrons. The van der Waals surface area contributed by atoms with Gasteiger partial charge >= 0.3 is 0 Å². The van der Waals surface area contributed by atoms with Crippen LogP contribution in [-0.4, -0.2) is 82.5 Å². The smallest absolute Gasteiger partial charge is 0.253 e. The molecule has 152 valence electrons. The molecular formula is C15H23N3O6S3. The summed E-state index contributed by atoms with van der Waals surface area (Å²) in [6.45, 7) is 1.58. The minimum absolute atomic E-state index is 0.0537. The maximum absolute atomic E-state index is 12.7.